The van der Waals surface area contributed by atoms with Crippen LogP contribution in [0.2, 0.25) is 0 Å². The van der Waals surface area contributed by atoms with Gasteiger partial charge in [-0.05, 0) is 32.1 Å². The number of sulfone groups is 1. The van der Waals surface area contributed by atoms with E-state index in [-0.39, 0.29) is 30.0 Å². The summed E-state index contributed by atoms with van der Waals surface area (Å²) in [5.41, 5.74) is 5.75. The number of rotatable bonds is 6. The van der Waals surface area contributed by atoms with Crippen molar-refractivity contribution in [3.05, 3.63) is 0 Å². The SMILES string of the molecule is CS(=O)(=O)CCC(NC(=O)C1CCC(N)CC1)C(=O)O. The second-order valence-electron chi connectivity index (χ2n) is 5.43. The number of carbonyl (C=O) groups is 2. The van der Waals surface area contributed by atoms with Crippen molar-refractivity contribution in [2.24, 2.45) is 11.7 Å². The first-order valence-electron chi connectivity index (χ1n) is 6.65. The molecule has 8 heteroatoms. The Morgan fingerprint density at radius 1 is 1.30 bits per heavy atom. The van der Waals surface area contributed by atoms with Gasteiger partial charge in [0.2, 0.25) is 5.91 Å². The fraction of sp³-hybridized carbons (Fsp3) is 0.833. The third kappa shape index (κ3) is 5.87. The maximum absolute atomic E-state index is 12.0. The molecular weight excluding hydrogens is 284 g/mol. The molecule has 1 rings (SSSR count). The zero-order chi connectivity index (χ0) is 15.3. The lowest BCUT2D eigenvalue weighted by molar-refractivity contribution is -0.142. The molecule has 0 aliphatic heterocycles. The van der Waals surface area contributed by atoms with E-state index in [1.165, 1.54) is 0 Å². The lowest BCUT2D eigenvalue weighted by atomic mass is 9.86. The van der Waals surface area contributed by atoms with Gasteiger partial charge < -0.3 is 16.2 Å². The highest BCUT2D eigenvalue weighted by molar-refractivity contribution is 7.90. The average Bonchev–Trinajstić information content (AvgIpc) is 2.33. The molecule has 1 saturated carbocycles. The van der Waals surface area contributed by atoms with Crippen LogP contribution in [-0.4, -0.2) is 49.5 Å². The van der Waals surface area contributed by atoms with Gasteiger partial charge in [-0.25, -0.2) is 13.2 Å². The predicted octanol–water partition coefficient (Wildman–Crippen LogP) is -0.492. The van der Waals surface area contributed by atoms with Crippen LogP contribution in [0.4, 0.5) is 0 Å². The quantitative estimate of drug-likeness (QED) is 0.607. The van der Waals surface area contributed by atoms with Crippen LogP contribution in [0.1, 0.15) is 32.1 Å². The molecule has 20 heavy (non-hydrogen) atoms. The summed E-state index contributed by atoms with van der Waals surface area (Å²) in [6.45, 7) is 0. The molecule has 1 atom stereocenters. The Bertz CT molecular complexity index is 454. The largest absolute Gasteiger partial charge is 0.480 e. The van der Waals surface area contributed by atoms with Crippen LogP contribution in [0.25, 0.3) is 0 Å². The Morgan fingerprint density at radius 3 is 2.30 bits per heavy atom. The number of aliphatic carboxylic acids is 1. The first-order valence-corrected chi connectivity index (χ1v) is 8.71. The van der Waals surface area contributed by atoms with Gasteiger partial charge >= 0.3 is 5.97 Å². The number of hydrogen-bond donors (Lipinski definition) is 3. The van der Waals surface area contributed by atoms with E-state index in [2.05, 4.69) is 5.32 Å². The molecule has 0 saturated heterocycles. The Kier molecular flexibility index (Phi) is 5.94. The zero-order valence-corrected chi connectivity index (χ0v) is 12.4. The highest BCUT2D eigenvalue weighted by atomic mass is 32.2. The van der Waals surface area contributed by atoms with Crippen LogP contribution >= 0.6 is 0 Å². The number of carboxylic acids is 1. The minimum atomic E-state index is -3.25. The molecule has 0 aromatic carbocycles. The molecule has 1 aliphatic rings. The van der Waals surface area contributed by atoms with Gasteiger partial charge in [0.1, 0.15) is 15.9 Å². The summed E-state index contributed by atoms with van der Waals surface area (Å²) in [5.74, 6) is -2.03. The molecule has 0 aromatic rings. The Morgan fingerprint density at radius 2 is 1.85 bits per heavy atom. The van der Waals surface area contributed by atoms with Gasteiger partial charge in [-0.3, -0.25) is 4.79 Å². The number of carbonyl (C=O) groups excluding carboxylic acids is 1. The third-order valence-corrected chi connectivity index (χ3v) is 4.51. The molecule has 1 aliphatic carbocycles. The predicted molar refractivity (Wildman–Crippen MR) is 73.8 cm³/mol. The van der Waals surface area contributed by atoms with Crippen LogP contribution in [0.3, 0.4) is 0 Å². The highest BCUT2D eigenvalue weighted by Gasteiger charge is 2.28. The molecule has 0 aromatic heterocycles. The average molecular weight is 306 g/mol. The van der Waals surface area contributed by atoms with E-state index in [1.54, 1.807) is 0 Å². The van der Waals surface area contributed by atoms with Gasteiger partial charge in [0.15, 0.2) is 0 Å². The second-order valence-corrected chi connectivity index (χ2v) is 7.69. The number of nitrogens with two attached hydrogens (primary N) is 1. The fourth-order valence-corrected chi connectivity index (χ4v) is 2.92. The molecule has 1 unspecified atom stereocenters. The summed E-state index contributed by atoms with van der Waals surface area (Å²) in [7, 11) is -3.25. The molecule has 7 nitrogen and oxygen atoms in total. The minimum Gasteiger partial charge on any atom is -0.480 e. The van der Waals surface area contributed by atoms with E-state index in [4.69, 9.17) is 10.8 Å². The van der Waals surface area contributed by atoms with Gasteiger partial charge in [0, 0.05) is 18.2 Å². The van der Waals surface area contributed by atoms with Gasteiger partial charge in [-0.2, -0.15) is 0 Å². The van der Waals surface area contributed by atoms with Gasteiger partial charge in [-0.15, -0.1) is 0 Å². The zero-order valence-electron chi connectivity index (χ0n) is 11.5. The van der Waals surface area contributed by atoms with Crippen LogP contribution in [-0.2, 0) is 19.4 Å². The first kappa shape index (κ1) is 16.9. The van der Waals surface area contributed by atoms with E-state index in [0.29, 0.717) is 12.8 Å². The molecular formula is C12H22N2O5S. The molecule has 0 heterocycles. The number of amides is 1. The molecule has 0 bridgehead atoms. The first-order chi connectivity index (χ1) is 9.19. The van der Waals surface area contributed by atoms with E-state index in [9.17, 15) is 18.0 Å². The lowest BCUT2D eigenvalue weighted by Crippen LogP contribution is -2.45. The van der Waals surface area contributed by atoms with Crippen molar-refractivity contribution in [2.75, 3.05) is 12.0 Å². The normalized spacial score (nSPS) is 24.9. The molecule has 0 spiro atoms. The molecule has 116 valence electrons. The number of hydrogen-bond acceptors (Lipinski definition) is 5. The highest BCUT2D eigenvalue weighted by Crippen LogP contribution is 2.23. The third-order valence-electron chi connectivity index (χ3n) is 3.53. The van der Waals surface area contributed by atoms with Crippen molar-refractivity contribution in [1.29, 1.82) is 0 Å². The van der Waals surface area contributed by atoms with Gasteiger partial charge in [-0.1, -0.05) is 0 Å². The van der Waals surface area contributed by atoms with Gasteiger partial charge in [0.05, 0.1) is 5.75 Å². The molecule has 0 radical (unpaired) electrons. The van der Waals surface area contributed by atoms with Crippen molar-refractivity contribution >= 4 is 21.7 Å². The molecule has 1 amide bonds. The maximum atomic E-state index is 12.0. The van der Waals surface area contributed by atoms with Crippen molar-refractivity contribution < 1.29 is 23.1 Å². The van der Waals surface area contributed by atoms with Crippen LogP contribution in [0.5, 0.6) is 0 Å². The van der Waals surface area contributed by atoms with Crippen molar-refractivity contribution in [1.82, 2.24) is 5.32 Å². The minimum absolute atomic E-state index is 0.111. The maximum Gasteiger partial charge on any atom is 0.326 e. The van der Waals surface area contributed by atoms with E-state index >= 15 is 0 Å². The van der Waals surface area contributed by atoms with E-state index < -0.39 is 21.8 Å². The standard InChI is InChI=1S/C12H22N2O5S/c1-20(18,19)7-6-10(12(16)17)14-11(15)8-2-4-9(13)5-3-8/h8-10H,2-7,13H2,1H3,(H,14,15)(H,16,17). The molecule has 1 fully saturated rings. The summed E-state index contributed by atoms with van der Waals surface area (Å²) in [6, 6.07) is -1.05. The van der Waals surface area contributed by atoms with Crippen molar-refractivity contribution in [3.8, 4) is 0 Å². The number of carboxylic acid groups (broad SMARTS) is 1. The van der Waals surface area contributed by atoms with Crippen LogP contribution in [0.15, 0.2) is 0 Å². The number of nitrogens with one attached hydrogen (secondary N) is 1. The van der Waals surface area contributed by atoms with E-state index in [1.807, 2.05) is 0 Å². The lowest BCUT2D eigenvalue weighted by Gasteiger charge is -2.26. The Labute approximate surface area is 118 Å². The Hall–Kier alpha value is -1.15. The summed E-state index contributed by atoms with van der Waals surface area (Å²) < 4.78 is 22.1. The molecule has 4 N–H and O–H groups in total. The monoisotopic (exact) mass is 306 g/mol. The smallest absolute Gasteiger partial charge is 0.326 e. The van der Waals surface area contributed by atoms with Crippen molar-refractivity contribution in [2.45, 2.75) is 44.2 Å². The van der Waals surface area contributed by atoms with Gasteiger partial charge in [0.25, 0.3) is 0 Å². The topological polar surface area (TPSA) is 127 Å². The summed E-state index contributed by atoms with van der Waals surface area (Å²) in [5, 5.41) is 11.5. The van der Waals surface area contributed by atoms with Crippen molar-refractivity contribution in [3.63, 3.8) is 0 Å². The van der Waals surface area contributed by atoms with Crippen LogP contribution < -0.4 is 11.1 Å². The van der Waals surface area contributed by atoms with Crippen LogP contribution in [0, 0.1) is 5.92 Å². The van der Waals surface area contributed by atoms with E-state index in [0.717, 1.165) is 19.1 Å². The second kappa shape index (κ2) is 7.03. The summed E-state index contributed by atoms with van der Waals surface area (Å²) >= 11 is 0. The Balaban J connectivity index is 2.52. The summed E-state index contributed by atoms with van der Waals surface area (Å²) in [6.07, 6.45) is 3.71. The summed E-state index contributed by atoms with van der Waals surface area (Å²) in [4.78, 5) is 23.0. The fourth-order valence-electron chi connectivity index (χ4n) is 2.26.